The average molecular weight is 378 g/mol. The van der Waals surface area contributed by atoms with Crippen molar-refractivity contribution in [1.82, 2.24) is 15.2 Å². The Morgan fingerprint density at radius 3 is 2.88 bits per heavy atom. The number of thioether (sulfide) groups is 1. The summed E-state index contributed by atoms with van der Waals surface area (Å²) in [7, 11) is 0. The van der Waals surface area contributed by atoms with E-state index in [1.807, 2.05) is 43.5 Å². The molecule has 0 saturated carbocycles. The minimum atomic E-state index is -0.0993. The van der Waals surface area contributed by atoms with E-state index in [9.17, 15) is 4.79 Å². The highest BCUT2D eigenvalue weighted by molar-refractivity contribution is 8.01. The number of nitrogens with one attached hydrogen (secondary N) is 2. The Morgan fingerprint density at radius 2 is 2.12 bits per heavy atom. The maximum absolute atomic E-state index is 11.9. The van der Waals surface area contributed by atoms with E-state index in [0.717, 1.165) is 15.7 Å². The maximum Gasteiger partial charge on any atom is 0.236 e. The summed E-state index contributed by atoms with van der Waals surface area (Å²) in [6, 6.07) is 8.04. The predicted octanol–water partition coefficient (Wildman–Crippen LogP) is 4.09. The molecule has 1 aromatic carbocycles. The Kier molecular flexibility index (Phi) is 5.44. The molecule has 0 aliphatic heterocycles. The first-order chi connectivity index (χ1) is 11.6. The van der Waals surface area contributed by atoms with Crippen LogP contribution in [0.4, 0.5) is 16.0 Å². The van der Waals surface area contributed by atoms with E-state index in [1.54, 1.807) is 0 Å². The number of hydrogen-bond acceptors (Lipinski definition) is 8. The van der Waals surface area contributed by atoms with E-state index in [-0.39, 0.29) is 11.7 Å². The molecule has 0 saturated heterocycles. The first-order valence-electron chi connectivity index (χ1n) is 7.10. The quantitative estimate of drug-likeness (QED) is 0.630. The lowest BCUT2D eigenvalue weighted by Crippen LogP contribution is -2.13. The van der Waals surface area contributed by atoms with Crippen molar-refractivity contribution in [3.05, 3.63) is 40.9 Å². The van der Waals surface area contributed by atoms with Crippen molar-refractivity contribution in [1.29, 1.82) is 0 Å². The van der Waals surface area contributed by atoms with E-state index in [1.165, 1.54) is 40.0 Å². The van der Waals surface area contributed by atoms with E-state index in [4.69, 9.17) is 0 Å². The van der Waals surface area contributed by atoms with Crippen LogP contribution in [0, 0.1) is 13.8 Å². The second-order valence-corrected chi connectivity index (χ2v) is 8.06. The minimum Gasteiger partial charge on any atom is -0.330 e. The summed E-state index contributed by atoms with van der Waals surface area (Å²) in [5, 5.41) is 17.4. The summed E-state index contributed by atoms with van der Waals surface area (Å²) in [4.78, 5) is 16.1. The number of thiazole rings is 1. The van der Waals surface area contributed by atoms with Crippen LogP contribution >= 0.6 is 34.4 Å². The Labute approximate surface area is 151 Å². The van der Waals surface area contributed by atoms with Gasteiger partial charge in [0.1, 0.15) is 0 Å². The summed E-state index contributed by atoms with van der Waals surface area (Å²) in [5.41, 5.74) is 3.05. The second-order valence-electron chi connectivity index (χ2n) is 5.00. The van der Waals surface area contributed by atoms with Crippen molar-refractivity contribution in [2.45, 2.75) is 18.2 Å². The van der Waals surface area contributed by atoms with Gasteiger partial charge in [-0.2, -0.15) is 0 Å². The molecule has 0 spiro atoms. The summed E-state index contributed by atoms with van der Waals surface area (Å²) >= 11 is 4.20. The Morgan fingerprint density at radius 1 is 1.25 bits per heavy atom. The molecule has 1 amide bonds. The highest BCUT2D eigenvalue weighted by Crippen LogP contribution is 2.28. The monoisotopic (exact) mass is 377 g/mol. The molecule has 0 atom stereocenters. The average Bonchev–Trinajstić information content (AvgIpc) is 3.14. The lowest BCUT2D eigenvalue weighted by molar-refractivity contribution is -0.113. The van der Waals surface area contributed by atoms with E-state index in [0.29, 0.717) is 10.3 Å². The van der Waals surface area contributed by atoms with Crippen molar-refractivity contribution in [2.75, 3.05) is 16.4 Å². The van der Waals surface area contributed by atoms with Crippen LogP contribution in [-0.4, -0.2) is 26.8 Å². The number of benzene rings is 1. The molecule has 0 radical (unpaired) electrons. The zero-order valence-corrected chi connectivity index (χ0v) is 15.5. The van der Waals surface area contributed by atoms with Gasteiger partial charge in [0, 0.05) is 11.1 Å². The van der Waals surface area contributed by atoms with Crippen LogP contribution in [0.5, 0.6) is 0 Å². The van der Waals surface area contributed by atoms with E-state index < -0.39 is 0 Å². The van der Waals surface area contributed by atoms with E-state index in [2.05, 4.69) is 25.8 Å². The van der Waals surface area contributed by atoms with Crippen molar-refractivity contribution in [3.63, 3.8) is 0 Å². The van der Waals surface area contributed by atoms with Gasteiger partial charge in [-0.3, -0.25) is 4.79 Å². The zero-order chi connectivity index (χ0) is 16.9. The third kappa shape index (κ3) is 4.76. The molecule has 3 rings (SSSR count). The van der Waals surface area contributed by atoms with E-state index >= 15 is 0 Å². The molecular formula is C15H15N5OS3. The lowest BCUT2D eigenvalue weighted by Gasteiger charge is -2.02. The first-order valence-corrected chi connectivity index (χ1v) is 9.78. The molecule has 0 unspecified atom stereocenters. The van der Waals surface area contributed by atoms with Gasteiger partial charge in [-0.05, 0) is 31.5 Å². The molecule has 24 heavy (non-hydrogen) atoms. The SMILES string of the molecule is Cc1cccc(Nc2nnc(SCC(=O)Nc3nc(C)cs3)s2)c1. The molecule has 3 aromatic rings. The molecule has 0 aliphatic rings. The van der Waals surface area contributed by atoms with Crippen LogP contribution in [0.25, 0.3) is 0 Å². The summed E-state index contributed by atoms with van der Waals surface area (Å²) in [6.07, 6.45) is 0. The Bertz CT molecular complexity index is 845. The number of carbonyl (C=O) groups excluding carboxylic acids is 1. The van der Waals surface area contributed by atoms with Crippen molar-refractivity contribution in [3.8, 4) is 0 Å². The van der Waals surface area contributed by atoms with Crippen molar-refractivity contribution < 1.29 is 4.79 Å². The van der Waals surface area contributed by atoms with Gasteiger partial charge in [0.15, 0.2) is 9.47 Å². The fourth-order valence-electron chi connectivity index (χ4n) is 1.86. The van der Waals surface area contributed by atoms with Crippen molar-refractivity contribution in [2.24, 2.45) is 0 Å². The molecule has 0 fully saturated rings. The molecule has 6 nitrogen and oxygen atoms in total. The smallest absolute Gasteiger partial charge is 0.236 e. The molecule has 9 heteroatoms. The fourth-order valence-corrected chi connectivity index (χ4v) is 4.14. The highest BCUT2D eigenvalue weighted by atomic mass is 32.2. The normalized spacial score (nSPS) is 10.6. The van der Waals surface area contributed by atoms with Gasteiger partial charge in [0.05, 0.1) is 11.4 Å². The maximum atomic E-state index is 11.9. The van der Waals surface area contributed by atoms with Crippen LogP contribution < -0.4 is 10.6 Å². The summed E-state index contributed by atoms with van der Waals surface area (Å²) in [6.45, 7) is 3.93. The predicted molar refractivity (Wildman–Crippen MR) is 101 cm³/mol. The standard InChI is InChI=1S/C15H15N5OS3/c1-9-4-3-5-11(6-9)17-14-19-20-15(24-14)23-8-12(21)18-13-16-10(2)7-22-13/h3-7H,8H2,1-2H3,(H,17,19)(H,16,18,21). The zero-order valence-electron chi connectivity index (χ0n) is 13.1. The van der Waals surface area contributed by atoms with Gasteiger partial charge >= 0.3 is 0 Å². The number of nitrogens with zero attached hydrogens (tertiary/aromatic N) is 3. The van der Waals surface area contributed by atoms with Crippen molar-refractivity contribution >= 4 is 56.3 Å². The van der Waals surface area contributed by atoms with Crippen LogP contribution in [0.2, 0.25) is 0 Å². The summed E-state index contributed by atoms with van der Waals surface area (Å²) < 4.78 is 0.746. The second kappa shape index (κ2) is 7.73. The third-order valence-electron chi connectivity index (χ3n) is 2.87. The topological polar surface area (TPSA) is 79.8 Å². The summed E-state index contributed by atoms with van der Waals surface area (Å²) in [5.74, 6) is 0.176. The van der Waals surface area contributed by atoms with Gasteiger partial charge in [-0.1, -0.05) is 35.2 Å². The molecule has 2 heterocycles. The number of rotatable bonds is 6. The molecule has 2 aromatic heterocycles. The number of carbonyl (C=O) groups is 1. The molecule has 124 valence electrons. The van der Waals surface area contributed by atoms with Crippen LogP contribution in [0.1, 0.15) is 11.3 Å². The Balaban J connectivity index is 1.51. The molecule has 0 aliphatic carbocycles. The number of hydrogen-bond donors (Lipinski definition) is 2. The third-order valence-corrected chi connectivity index (χ3v) is 5.72. The minimum absolute atomic E-state index is 0.0993. The highest BCUT2D eigenvalue weighted by Gasteiger charge is 2.10. The largest absolute Gasteiger partial charge is 0.330 e. The number of anilines is 3. The molecular weight excluding hydrogens is 362 g/mol. The first kappa shape index (κ1) is 16.9. The number of aromatic nitrogens is 3. The fraction of sp³-hybridized carbons (Fsp3) is 0.200. The van der Waals surface area contributed by atoms with Crippen LogP contribution in [0.15, 0.2) is 34.0 Å². The van der Waals surface area contributed by atoms with Gasteiger partial charge in [-0.25, -0.2) is 4.98 Å². The lowest BCUT2D eigenvalue weighted by atomic mass is 10.2. The van der Waals surface area contributed by atoms with Gasteiger partial charge in [0.2, 0.25) is 11.0 Å². The van der Waals surface area contributed by atoms with Gasteiger partial charge < -0.3 is 10.6 Å². The number of amides is 1. The Hall–Kier alpha value is -1.97. The van der Waals surface area contributed by atoms with Gasteiger partial charge in [-0.15, -0.1) is 21.5 Å². The molecule has 0 bridgehead atoms. The van der Waals surface area contributed by atoms with Gasteiger partial charge in [0.25, 0.3) is 0 Å². The van der Waals surface area contributed by atoms with Crippen LogP contribution in [-0.2, 0) is 4.79 Å². The number of aryl methyl sites for hydroxylation is 2. The van der Waals surface area contributed by atoms with Crippen LogP contribution in [0.3, 0.4) is 0 Å². The molecule has 2 N–H and O–H groups in total.